The molecule has 4 amide bonds. The molecule has 31 heavy (non-hydrogen) atoms. The first kappa shape index (κ1) is 22.0. The number of nitro groups is 1. The van der Waals surface area contributed by atoms with E-state index >= 15 is 0 Å². The Morgan fingerprint density at radius 3 is 2.45 bits per heavy atom. The number of nitro benzene ring substituents is 1. The summed E-state index contributed by atoms with van der Waals surface area (Å²) in [5, 5.41) is 13.4. The second-order valence-corrected chi connectivity index (χ2v) is 7.05. The van der Waals surface area contributed by atoms with Gasteiger partial charge in [0.05, 0.1) is 28.8 Å². The Hall–Kier alpha value is -3.73. The van der Waals surface area contributed by atoms with Crippen LogP contribution in [0.5, 0.6) is 11.5 Å². The Balaban J connectivity index is 2.02. The van der Waals surface area contributed by atoms with Crippen LogP contribution in [0.3, 0.4) is 0 Å². The van der Waals surface area contributed by atoms with Gasteiger partial charge in [-0.2, -0.15) is 0 Å². The highest BCUT2D eigenvalue weighted by molar-refractivity contribution is 9.10. The molecule has 1 N–H and O–H groups in total. The molecule has 3 rings (SSSR count). The lowest BCUT2D eigenvalue weighted by Gasteiger charge is -2.26. The molecule has 0 saturated carbocycles. The van der Waals surface area contributed by atoms with E-state index in [1.807, 2.05) is 6.92 Å². The molecule has 2 aromatic rings. The second-order valence-electron chi connectivity index (χ2n) is 6.20. The molecule has 0 unspecified atom stereocenters. The Kier molecular flexibility index (Phi) is 6.35. The number of methoxy groups -OCH3 is 1. The van der Waals surface area contributed by atoms with Gasteiger partial charge in [0.25, 0.3) is 11.8 Å². The van der Waals surface area contributed by atoms with Crippen molar-refractivity contribution in [3.8, 4) is 11.5 Å². The third kappa shape index (κ3) is 4.40. The zero-order valence-electron chi connectivity index (χ0n) is 16.4. The first-order chi connectivity index (χ1) is 14.8. The summed E-state index contributed by atoms with van der Waals surface area (Å²) in [7, 11) is 1.28. The largest absolute Gasteiger partial charge is 0.494 e. The third-order valence-corrected chi connectivity index (χ3v) is 4.85. The van der Waals surface area contributed by atoms with Crippen LogP contribution in [0.15, 0.2) is 46.4 Å². The number of halogens is 1. The molecule has 11 heteroatoms. The van der Waals surface area contributed by atoms with Gasteiger partial charge in [0, 0.05) is 6.07 Å². The van der Waals surface area contributed by atoms with Gasteiger partial charge in [-0.1, -0.05) is 0 Å². The van der Waals surface area contributed by atoms with Crippen LogP contribution in [-0.2, 0) is 9.59 Å². The van der Waals surface area contributed by atoms with Crippen molar-refractivity contribution >= 4 is 51.2 Å². The van der Waals surface area contributed by atoms with E-state index in [9.17, 15) is 24.5 Å². The zero-order chi connectivity index (χ0) is 22.7. The van der Waals surface area contributed by atoms with Gasteiger partial charge in [-0.05, 0) is 64.8 Å². The number of urea groups is 1. The predicted molar refractivity (Wildman–Crippen MR) is 114 cm³/mol. The van der Waals surface area contributed by atoms with E-state index in [4.69, 9.17) is 9.47 Å². The average Bonchev–Trinajstić information content (AvgIpc) is 2.72. The van der Waals surface area contributed by atoms with Crippen molar-refractivity contribution in [2.75, 3.05) is 18.6 Å². The monoisotopic (exact) mass is 489 g/mol. The molecule has 1 heterocycles. The molecule has 1 aliphatic rings. The van der Waals surface area contributed by atoms with Crippen molar-refractivity contribution in [3.63, 3.8) is 0 Å². The lowest BCUT2D eigenvalue weighted by molar-refractivity contribution is -0.385. The van der Waals surface area contributed by atoms with Crippen LogP contribution in [0.1, 0.15) is 12.5 Å². The first-order valence-corrected chi connectivity index (χ1v) is 9.72. The maximum atomic E-state index is 13.0. The number of hydrogen-bond donors (Lipinski definition) is 1. The molecule has 10 nitrogen and oxygen atoms in total. The van der Waals surface area contributed by atoms with Gasteiger partial charge >= 0.3 is 11.7 Å². The number of carbonyl (C=O) groups excluding carboxylic acids is 3. The quantitative estimate of drug-likeness (QED) is 0.284. The molecule has 2 aromatic carbocycles. The number of carbonyl (C=O) groups is 3. The van der Waals surface area contributed by atoms with Gasteiger partial charge in [0.1, 0.15) is 11.3 Å². The number of benzene rings is 2. The number of rotatable bonds is 6. The van der Waals surface area contributed by atoms with Gasteiger partial charge < -0.3 is 9.47 Å². The Labute approximate surface area is 184 Å². The van der Waals surface area contributed by atoms with E-state index in [2.05, 4.69) is 21.2 Å². The zero-order valence-corrected chi connectivity index (χ0v) is 18.0. The highest BCUT2D eigenvalue weighted by Crippen LogP contribution is 2.37. The molecule has 0 atom stereocenters. The molecule has 0 aliphatic carbocycles. The van der Waals surface area contributed by atoms with Crippen molar-refractivity contribution in [3.05, 3.63) is 62.1 Å². The molecule has 0 bridgehead atoms. The maximum absolute atomic E-state index is 13.0. The molecule has 1 saturated heterocycles. The second kappa shape index (κ2) is 8.96. The minimum atomic E-state index is -0.910. The average molecular weight is 490 g/mol. The van der Waals surface area contributed by atoms with Crippen LogP contribution < -0.4 is 19.7 Å². The highest BCUT2D eigenvalue weighted by atomic mass is 79.9. The summed E-state index contributed by atoms with van der Waals surface area (Å²) in [6.45, 7) is 2.27. The number of nitrogens with zero attached hydrogens (tertiary/aromatic N) is 2. The summed E-state index contributed by atoms with van der Waals surface area (Å²) in [5.74, 6) is -1.23. The van der Waals surface area contributed by atoms with Crippen molar-refractivity contribution in [2.24, 2.45) is 0 Å². The van der Waals surface area contributed by atoms with Crippen LogP contribution in [0.25, 0.3) is 6.08 Å². The van der Waals surface area contributed by atoms with E-state index in [1.165, 1.54) is 31.4 Å². The molecular weight excluding hydrogens is 474 g/mol. The van der Waals surface area contributed by atoms with Gasteiger partial charge in [0.15, 0.2) is 0 Å². The van der Waals surface area contributed by atoms with Crippen molar-refractivity contribution in [2.45, 2.75) is 6.92 Å². The first-order valence-electron chi connectivity index (χ1n) is 8.93. The fourth-order valence-electron chi connectivity index (χ4n) is 2.94. The van der Waals surface area contributed by atoms with E-state index in [0.29, 0.717) is 12.4 Å². The van der Waals surface area contributed by atoms with Crippen molar-refractivity contribution in [1.29, 1.82) is 0 Å². The standard InChI is InChI=1S/C20H16BrN3O7/c1-3-31-13-6-4-12(5-7-13)23-19(26)14(18(25)22-20(23)27)8-11-9-15(21)17(30-2)16(10-11)24(28)29/h4-10H,3H2,1-2H3,(H,22,25,27)/b14-8+. The maximum Gasteiger partial charge on any atom is 0.335 e. The fraction of sp³-hybridized carbons (Fsp3) is 0.150. The van der Waals surface area contributed by atoms with Gasteiger partial charge in [-0.15, -0.1) is 0 Å². The van der Waals surface area contributed by atoms with Gasteiger partial charge in [-0.3, -0.25) is 25.0 Å². The van der Waals surface area contributed by atoms with Crippen molar-refractivity contribution in [1.82, 2.24) is 5.32 Å². The van der Waals surface area contributed by atoms with Gasteiger partial charge in [0.2, 0.25) is 5.75 Å². The lowest BCUT2D eigenvalue weighted by Crippen LogP contribution is -2.54. The number of ether oxygens (including phenoxy) is 2. The summed E-state index contributed by atoms with van der Waals surface area (Å²) in [5.41, 5.74) is -0.295. The number of amides is 4. The number of imide groups is 2. The highest BCUT2D eigenvalue weighted by Gasteiger charge is 2.37. The third-order valence-electron chi connectivity index (χ3n) is 4.27. The van der Waals surface area contributed by atoms with E-state index in [0.717, 1.165) is 11.0 Å². The van der Waals surface area contributed by atoms with Crippen LogP contribution in [0, 0.1) is 10.1 Å². The Morgan fingerprint density at radius 1 is 1.19 bits per heavy atom. The normalized spacial score (nSPS) is 15.1. The van der Waals surface area contributed by atoms with Crippen LogP contribution in [0.2, 0.25) is 0 Å². The summed E-state index contributed by atoms with van der Waals surface area (Å²) in [6.07, 6.45) is 1.17. The molecule has 0 spiro atoms. The van der Waals surface area contributed by atoms with Crippen molar-refractivity contribution < 1.29 is 28.8 Å². The molecule has 0 radical (unpaired) electrons. The topological polar surface area (TPSA) is 128 Å². The predicted octanol–water partition coefficient (Wildman–Crippen LogP) is 3.43. The van der Waals surface area contributed by atoms with Crippen LogP contribution in [-0.4, -0.2) is 36.5 Å². The number of nitrogens with one attached hydrogen (secondary N) is 1. The minimum absolute atomic E-state index is 0.00207. The fourth-order valence-corrected chi connectivity index (χ4v) is 3.57. The summed E-state index contributed by atoms with van der Waals surface area (Å²) in [6, 6.07) is 7.89. The summed E-state index contributed by atoms with van der Waals surface area (Å²) >= 11 is 3.18. The number of anilines is 1. The van der Waals surface area contributed by atoms with E-state index in [-0.39, 0.29) is 32.7 Å². The molecule has 1 fully saturated rings. The Bertz CT molecular complexity index is 1110. The number of barbiturate groups is 1. The van der Waals surface area contributed by atoms with Crippen LogP contribution in [0.4, 0.5) is 16.2 Å². The minimum Gasteiger partial charge on any atom is -0.494 e. The molecular formula is C20H16BrN3O7. The van der Waals surface area contributed by atoms with Gasteiger partial charge in [-0.25, -0.2) is 9.69 Å². The number of hydrogen-bond acceptors (Lipinski definition) is 7. The lowest BCUT2D eigenvalue weighted by atomic mass is 10.1. The SMILES string of the molecule is CCOc1ccc(N2C(=O)NC(=O)/C(=C\c3cc(Br)c(OC)c([N+](=O)[O-])c3)C2=O)cc1. The summed E-state index contributed by atoms with van der Waals surface area (Å²) < 4.78 is 10.6. The molecule has 1 aliphatic heterocycles. The summed E-state index contributed by atoms with van der Waals surface area (Å²) in [4.78, 5) is 49.1. The van der Waals surface area contributed by atoms with Crippen LogP contribution >= 0.6 is 15.9 Å². The smallest absolute Gasteiger partial charge is 0.335 e. The Morgan fingerprint density at radius 2 is 1.87 bits per heavy atom. The molecule has 0 aromatic heterocycles. The molecule has 160 valence electrons. The van der Waals surface area contributed by atoms with E-state index in [1.54, 1.807) is 12.1 Å². The van der Waals surface area contributed by atoms with E-state index < -0.39 is 22.8 Å².